The molecular weight excluding hydrogens is 226 g/mol. The monoisotopic (exact) mass is 255 g/mol. The molecule has 0 bridgehead atoms. The molecule has 0 saturated heterocycles. The van der Waals surface area contributed by atoms with E-state index < -0.39 is 0 Å². The number of ether oxygens (including phenoxy) is 1. The minimum absolute atomic E-state index is 0.342. The molecule has 0 spiro atoms. The zero-order chi connectivity index (χ0) is 12.8. The first-order valence-electron chi connectivity index (χ1n) is 7.77. The Morgan fingerprint density at radius 2 is 2.06 bits per heavy atom. The molecule has 0 heterocycles. The van der Waals surface area contributed by atoms with E-state index in [0.717, 1.165) is 18.4 Å². The molecule has 2 fully saturated rings. The summed E-state index contributed by atoms with van der Waals surface area (Å²) in [5, 5.41) is 13.4. The van der Waals surface area contributed by atoms with E-state index in [2.05, 4.69) is 12.2 Å². The molecule has 2 rings (SSSR count). The molecule has 2 saturated carbocycles. The van der Waals surface area contributed by atoms with Gasteiger partial charge in [0.25, 0.3) is 0 Å². The molecule has 0 aliphatic heterocycles. The van der Waals surface area contributed by atoms with Gasteiger partial charge in [-0.15, -0.1) is 0 Å². The number of aliphatic hydroxyl groups is 1. The predicted molar refractivity (Wildman–Crippen MR) is 73.6 cm³/mol. The van der Waals surface area contributed by atoms with Crippen LogP contribution in [0.25, 0.3) is 0 Å². The Hall–Kier alpha value is -0.120. The van der Waals surface area contributed by atoms with Gasteiger partial charge in [0.2, 0.25) is 0 Å². The van der Waals surface area contributed by atoms with Crippen molar-refractivity contribution in [3.8, 4) is 0 Å². The van der Waals surface area contributed by atoms with E-state index in [9.17, 15) is 5.11 Å². The quantitative estimate of drug-likeness (QED) is 0.699. The van der Waals surface area contributed by atoms with Crippen LogP contribution in [0.15, 0.2) is 0 Å². The third-order valence-electron chi connectivity index (χ3n) is 4.36. The Labute approximate surface area is 111 Å². The van der Waals surface area contributed by atoms with Crippen LogP contribution < -0.4 is 5.32 Å². The maximum absolute atomic E-state index is 9.85. The van der Waals surface area contributed by atoms with E-state index >= 15 is 0 Å². The predicted octanol–water partition coefficient (Wildman–Crippen LogP) is 2.33. The molecule has 3 nitrogen and oxygen atoms in total. The van der Waals surface area contributed by atoms with Gasteiger partial charge in [0.1, 0.15) is 0 Å². The fourth-order valence-corrected chi connectivity index (χ4v) is 2.86. The van der Waals surface area contributed by atoms with Gasteiger partial charge in [-0.25, -0.2) is 0 Å². The molecular formula is C15H29NO2. The maximum Gasteiger partial charge on any atom is 0.0897 e. The van der Waals surface area contributed by atoms with Gasteiger partial charge < -0.3 is 15.2 Å². The highest BCUT2D eigenvalue weighted by atomic mass is 16.5. The molecule has 2 aliphatic carbocycles. The van der Waals surface area contributed by atoms with E-state index in [4.69, 9.17) is 4.74 Å². The van der Waals surface area contributed by atoms with E-state index in [1.165, 1.54) is 44.9 Å². The lowest BCUT2D eigenvalue weighted by molar-refractivity contribution is 0.0302. The van der Waals surface area contributed by atoms with Gasteiger partial charge in [-0.1, -0.05) is 26.2 Å². The molecule has 18 heavy (non-hydrogen) atoms. The van der Waals surface area contributed by atoms with E-state index in [1.807, 2.05) is 0 Å². The highest BCUT2D eigenvalue weighted by Crippen LogP contribution is 2.29. The number of aliphatic hydroxyl groups excluding tert-OH is 1. The summed E-state index contributed by atoms with van der Waals surface area (Å²) in [5.74, 6) is 1.67. The number of nitrogens with one attached hydrogen (secondary N) is 1. The zero-order valence-electron chi connectivity index (χ0n) is 11.7. The third-order valence-corrected chi connectivity index (χ3v) is 4.36. The Kier molecular flexibility index (Phi) is 5.93. The SMILES string of the molecule is CCC1CCCC(NCC(O)COCC2CC2)C1. The second-order valence-electron chi connectivity index (χ2n) is 6.18. The third kappa shape index (κ3) is 5.25. The number of hydrogen-bond donors (Lipinski definition) is 2. The summed E-state index contributed by atoms with van der Waals surface area (Å²) in [7, 11) is 0. The maximum atomic E-state index is 9.85. The fourth-order valence-electron chi connectivity index (χ4n) is 2.86. The van der Waals surface area contributed by atoms with Gasteiger partial charge in [0.15, 0.2) is 0 Å². The van der Waals surface area contributed by atoms with Crippen molar-refractivity contribution in [1.29, 1.82) is 0 Å². The van der Waals surface area contributed by atoms with Crippen molar-refractivity contribution >= 4 is 0 Å². The summed E-state index contributed by atoms with van der Waals surface area (Å²) < 4.78 is 5.51. The summed E-state index contributed by atoms with van der Waals surface area (Å²) in [6, 6.07) is 0.613. The molecule has 2 aliphatic rings. The average molecular weight is 255 g/mol. The molecule has 106 valence electrons. The lowest BCUT2D eigenvalue weighted by Gasteiger charge is -2.29. The number of rotatable bonds is 8. The summed E-state index contributed by atoms with van der Waals surface area (Å²) in [5.41, 5.74) is 0. The molecule has 3 unspecified atom stereocenters. The van der Waals surface area contributed by atoms with Crippen LogP contribution in [0.2, 0.25) is 0 Å². The van der Waals surface area contributed by atoms with Crippen molar-refractivity contribution < 1.29 is 9.84 Å². The van der Waals surface area contributed by atoms with Crippen molar-refractivity contribution in [3.05, 3.63) is 0 Å². The summed E-state index contributed by atoms with van der Waals surface area (Å²) in [6.45, 7) is 4.31. The standard InChI is InChI=1S/C15H29NO2/c1-2-12-4-3-5-14(8-12)16-9-15(17)11-18-10-13-6-7-13/h12-17H,2-11H2,1H3. The molecule has 0 aromatic rings. The Bertz CT molecular complexity index is 231. The average Bonchev–Trinajstić information content (AvgIpc) is 3.21. The van der Waals surface area contributed by atoms with Crippen LogP contribution in [0.5, 0.6) is 0 Å². The minimum Gasteiger partial charge on any atom is -0.389 e. The van der Waals surface area contributed by atoms with Crippen LogP contribution in [0.4, 0.5) is 0 Å². The van der Waals surface area contributed by atoms with Crippen LogP contribution in [-0.4, -0.2) is 37.0 Å². The molecule has 2 N–H and O–H groups in total. The fraction of sp³-hybridized carbons (Fsp3) is 1.00. The lowest BCUT2D eigenvalue weighted by Crippen LogP contribution is -2.40. The van der Waals surface area contributed by atoms with Crippen molar-refractivity contribution in [2.75, 3.05) is 19.8 Å². The van der Waals surface area contributed by atoms with Gasteiger partial charge in [-0.05, 0) is 37.5 Å². The van der Waals surface area contributed by atoms with E-state index in [0.29, 0.717) is 19.2 Å². The van der Waals surface area contributed by atoms with Crippen LogP contribution in [0, 0.1) is 11.8 Å². The van der Waals surface area contributed by atoms with Crippen molar-refractivity contribution in [1.82, 2.24) is 5.32 Å². The second-order valence-corrected chi connectivity index (χ2v) is 6.18. The number of hydrogen-bond acceptors (Lipinski definition) is 3. The molecule has 0 radical (unpaired) electrons. The van der Waals surface area contributed by atoms with Crippen molar-refractivity contribution in [3.63, 3.8) is 0 Å². The minimum atomic E-state index is -0.342. The first kappa shape index (κ1) is 14.3. The Morgan fingerprint density at radius 3 is 2.78 bits per heavy atom. The van der Waals surface area contributed by atoms with Crippen LogP contribution in [-0.2, 0) is 4.74 Å². The normalized spacial score (nSPS) is 30.3. The molecule has 0 aromatic heterocycles. The van der Waals surface area contributed by atoms with Gasteiger partial charge >= 0.3 is 0 Å². The van der Waals surface area contributed by atoms with Crippen LogP contribution in [0.3, 0.4) is 0 Å². The molecule has 0 aromatic carbocycles. The first-order chi connectivity index (χ1) is 8.78. The summed E-state index contributed by atoms with van der Waals surface area (Å²) in [4.78, 5) is 0. The van der Waals surface area contributed by atoms with Gasteiger partial charge in [-0.3, -0.25) is 0 Å². The zero-order valence-corrected chi connectivity index (χ0v) is 11.7. The Balaban J connectivity index is 1.52. The van der Waals surface area contributed by atoms with Crippen LogP contribution in [0.1, 0.15) is 51.9 Å². The van der Waals surface area contributed by atoms with E-state index in [1.54, 1.807) is 0 Å². The summed E-state index contributed by atoms with van der Waals surface area (Å²) >= 11 is 0. The van der Waals surface area contributed by atoms with Gasteiger partial charge in [0, 0.05) is 19.2 Å². The largest absolute Gasteiger partial charge is 0.389 e. The first-order valence-corrected chi connectivity index (χ1v) is 7.77. The van der Waals surface area contributed by atoms with Crippen LogP contribution >= 0.6 is 0 Å². The highest BCUT2D eigenvalue weighted by Gasteiger charge is 2.22. The van der Waals surface area contributed by atoms with Crippen molar-refractivity contribution in [2.24, 2.45) is 11.8 Å². The van der Waals surface area contributed by atoms with Gasteiger partial charge in [0.05, 0.1) is 12.7 Å². The molecule has 0 amide bonds. The second kappa shape index (κ2) is 7.46. The highest BCUT2D eigenvalue weighted by molar-refractivity contribution is 4.78. The molecule has 3 heteroatoms. The lowest BCUT2D eigenvalue weighted by atomic mass is 9.84. The molecule has 3 atom stereocenters. The topological polar surface area (TPSA) is 41.5 Å². The van der Waals surface area contributed by atoms with E-state index in [-0.39, 0.29) is 6.10 Å². The van der Waals surface area contributed by atoms with Gasteiger partial charge in [-0.2, -0.15) is 0 Å². The smallest absolute Gasteiger partial charge is 0.0897 e. The summed E-state index contributed by atoms with van der Waals surface area (Å²) in [6.07, 6.45) is 8.87. The van der Waals surface area contributed by atoms with Crippen molar-refractivity contribution in [2.45, 2.75) is 64.0 Å². The Morgan fingerprint density at radius 1 is 1.22 bits per heavy atom.